The van der Waals surface area contributed by atoms with E-state index in [1.807, 2.05) is 27.7 Å². The van der Waals surface area contributed by atoms with E-state index in [2.05, 4.69) is 5.32 Å². The highest BCUT2D eigenvalue weighted by Crippen LogP contribution is 2.27. The zero-order valence-corrected chi connectivity index (χ0v) is 26.3. The standard InChI is InChI=1S/C31H38ClN3O6S/c1-7-28(30(37)33-31(2,3)4)34(20-22-8-14-25(40-5)15-9-22)29(36)21-35(24-12-10-23(32)11-13-24)42(38,39)27-18-16-26(41-6)17-19-27/h8-19,28H,7,20-21H2,1-6H3,(H,33,37)/t28-/m0/s1. The van der Waals surface area contributed by atoms with Crippen molar-refractivity contribution in [3.8, 4) is 11.5 Å². The van der Waals surface area contributed by atoms with Gasteiger partial charge < -0.3 is 19.7 Å². The Morgan fingerprint density at radius 1 is 0.881 bits per heavy atom. The Labute approximate surface area is 253 Å². The van der Waals surface area contributed by atoms with Crippen molar-refractivity contribution in [2.24, 2.45) is 0 Å². The number of methoxy groups -OCH3 is 2. The highest BCUT2D eigenvalue weighted by Gasteiger charge is 2.34. The summed E-state index contributed by atoms with van der Waals surface area (Å²) in [5.74, 6) is 0.259. The quantitative estimate of drug-likeness (QED) is 0.297. The highest BCUT2D eigenvalue weighted by molar-refractivity contribution is 7.92. The molecule has 42 heavy (non-hydrogen) atoms. The predicted octanol–water partition coefficient (Wildman–Crippen LogP) is 5.27. The van der Waals surface area contributed by atoms with E-state index in [0.717, 1.165) is 9.87 Å². The first kappa shape index (κ1) is 32.8. The van der Waals surface area contributed by atoms with Crippen LogP contribution in [0.5, 0.6) is 11.5 Å². The van der Waals surface area contributed by atoms with Crippen LogP contribution in [-0.2, 0) is 26.2 Å². The van der Waals surface area contributed by atoms with Gasteiger partial charge in [0.25, 0.3) is 10.0 Å². The Bertz CT molecular complexity index is 1450. The summed E-state index contributed by atoms with van der Waals surface area (Å²) in [6, 6.07) is 18.4. The van der Waals surface area contributed by atoms with Crippen molar-refractivity contribution < 1.29 is 27.5 Å². The number of amides is 2. The van der Waals surface area contributed by atoms with E-state index in [0.29, 0.717) is 22.9 Å². The highest BCUT2D eigenvalue weighted by atomic mass is 35.5. The molecule has 9 nitrogen and oxygen atoms in total. The van der Waals surface area contributed by atoms with E-state index < -0.39 is 34.1 Å². The molecule has 0 fully saturated rings. The van der Waals surface area contributed by atoms with Crippen molar-refractivity contribution in [2.75, 3.05) is 25.1 Å². The predicted molar refractivity (Wildman–Crippen MR) is 164 cm³/mol. The maximum Gasteiger partial charge on any atom is 0.264 e. The molecule has 0 aliphatic heterocycles. The van der Waals surface area contributed by atoms with Gasteiger partial charge in [-0.3, -0.25) is 13.9 Å². The lowest BCUT2D eigenvalue weighted by Gasteiger charge is -2.34. The summed E-state index contributed by atoms with van der Waals surface area (Å²) in [5.41, 5.74) is 0.467. The van der Waals surface area contributed by atoms with Gasteiger partial charge in [0, 0.05) is 17.1 Å². The van der Waals surface area contributed by atoms with Gasteiger partial charge in [0.15, 0.2) is 0 Å². The molecule has 3 rings (SSSR count). The minimum Gasteiger partial charge on any atom is -0.497 e. The fourth-order valence-corrected chi connectivity index (χ4v) is 5.85. The van der Waals surface area contributed by atoms with Crippen molar-refractivity contribution >= 4 is 39.1 Å². The fraction of sp³-hybridized carbons (Fsp3) is 0.355. The molecule has 0 aliphatic rings. The zero-order chi connectivity index (χ0) is 31.1. The van der Waals surface area contributed by atoms with Gasteiger partial charge in [-0.05, 0) is 93.4 Å². The molecule has 1 atom stereocenters. The van der Waals surface area contributed by atoms with Crippen molar-refractivity contribution in [1.82, 2.24) is 10.2 Å². The smallest absolute Gasteiger partial charge is 0.264 e. The molecule has 2 amide bonds. The van der Waals surface area contributed by atoms with E-state index in [4.69, 9.17) is 21.1 Å². The molecular weight excluding hydrogens is 578 g/mol. The average Bonchev–Trinajstić information content (AvgIpc) is 2.95. The van der Waals surface area contributed by atoms with Gasteiger partial charge in [-0.2, -0.15) is 0 Å². The Hall–Kier alpha value is -3.76. The first-order valence-corrected chi connectivity index (χ1v) is 15.3. The number of halogens is 1. The molecule has 11 heteroatoms. The number of hydrogen-bond acceptors (Lipinski definition) is 6. The van der Waals surface area contributed by atoms with Gasteiger partial charge in [0.2, 0.25) is 11.8 Å². The summed E-state index contributed by atoms with van der Waals surface area (Å²) in [6.45, 7) is 6.92. The minimum absolute atomic E-state index is 0.0229. The van der Waals surface area contributed by atoms with E-state index in [-0.39, 0.29) is 23.0 Å². The van der Waals surface area contributed by atoms with Crippen molar-refractivity contribution in [3.63, 3.8) is 0 Å². The minimum atomic E-state index is -4.21. The molecule has 0 spiro atoms. The van der Waals surface area contributed by atoms with E-state index in [9.17, 15) is 18.0 Å². The van der Waals surface area contributed by atoms with E-state index >= 15 is 0 Å². The number of benzene rings is 3. The number of carbonyl (C=O) groups is 2. The summed E-state index contributed by atoms with van der Waals surface area (Å²) in [7, 11) is -1.17. The Balaban J connectivity index is 2.06. The van der Waals surface area contributed by atoms with Crippen LogP contribution < -0.4 is 19.1 Å². The molecule has 3 aromatic carbocycles. The second-order valence-electron chi connectivity index (χ2n) is 10.7. The SMILES string of the molecule is CC[C@@H](C(=O)NC(C)(C)C)N(Cc1ccc(OC)cc1)C(=O)CN(c1ccc(Cl)cc1)S(=O)(=O)c1ccc(OC)cc1. The van der Waals surface area contributed by atoms with Crippen LogP contribution in [0.1, 0.15) is 39.7 Å². The van der Waals surface area contributed by atoms with E-state index in [1.165, 1.54) is 48.4 Å². The van der Waals surface area contributed by atoms with Gasteiger partial charge in [0.1, 0.15) is 24.1 Å². The molecule has 0 saturated heterocycles. The molecule has 0 saturated carbocycles. The molecule has 0 unspecified atom stereocenters. The Kier molecular flexibility index (Phi) is 10.9. The lowest BCUT2D eigenvalue weighted by Crippen LogP contribution is -2.55. The summed E-state index contributed by atoms with van der Waals surface area (Å²) in [4.78, 5) is 29.0. The van der Waals surface area contributed by atoms with Crippen LogP contribution >= 0.6 is 11.6 Å². The second kappa shape index (κ2) is 13.9. The van der Waals surface area contributed by atoms with Gasteiger partial charge in [-0.15, -0.1) is 0 Å². The Morgan fingerprint density at radius 2 is 1.40 bits per heavy atom. The van der Waals surface area contributed by atoms with Crippen LogP contribution in [0.3, 0.4) is 0 Å². The molecule has 0 radical (unpaired) electrons. The number of ether oxygens (including phenoxy) is 2. The number of anilines is 1. The molecule has 1 N–H and O–H groups in total. The first-order valence-electron chi connectivity index (χ1n) is 13.5. The third kappa shape index (κ3) is 8.39. The summed E-state index contributed by atoms with van der Waals surface area (Å²) < 4.78 is 39.4. The number of nitrogens with one attached hydrogen (secondary N) is 1. The second-order valence-corrected chi connectivity index (χ2v) is 13.0. The third-order valence-corrected chi connectivity index (χ3v) is 8.48. The monoisotopic (exact) mass is 615 g/mol. The van der Waals surface area contributed by atoms with Gasteiger partial charge in [-0.1, -0.05) is 30.7 Å². The van der Waals surface area contributed by atoms with Gasteiger partial charge >= 0.3 is 0 Å². The lowest BCUT2D eigenvalue weighted by atomic mass is 10.1. The summed E-state index contributed by atoms with van der Waals surface area (Å²) in [6.07, 6.45) is 0.315. The van der Waals surface area contributed by atoms with E-state index in [1.54, 1.807) is 43.5 Å². The largest absolute Gasteiger partial charge is 0.497 e. The molecule has 226 valence electrons. The molecule has 0 heterocycles. The van der Waals surface area contributed by atoms with Gasteiger partial charge in [-0.25, -0.2) is 8.42 Å². The number of carbonyl (C=O) groups excluding carboxylic acids is 2. The van der Waals surface area contributed by atoms with Crippen molar-refractivity contribution in [3.05, 3.63) is 83.4 Å². The number of sulfonamides is 1. The Morgan fingerprint density at radius 3 is 1.88 bits per heavy atom. The van der Waals surface area contributed by atoms with Crippen LogP contribution in [0, 0.1) is 0 Å². The molecule has 0 aromatic heterocycles. The first-order chi connectivity index (χ1) is 19.8. The third-order valence-electron chi connectivity index (χ3n) is 6.44. The molecular formula is C31H38ClN3O6S. The van der Waals surface area contributed by atoms with Gasteiger partial charge in [0.05, 0.1) is 24.8 Å². The average molecular weight is 616 g/mol. The van der Waals surface area contributed by atoms with Crippen LogP contribution in [-0.4, -0.2) is 57.5 Å². The van der Waals surface area contributed by atoms with Crippen LogP contribution in [0.25, 0.3) is 0 Å². The lowest BCUT2D eigenvalue weighted by molar-refractivity contribution is -0.141. The zero-order valence-electron chi connectivity index (χ0n) is 24.8. The van der Waals surface area contributed by atoms with Crippen molar-refractivity contribution in [2.45, 2.75) is 57.1 Å². The fourth-order valence-electron chi connectivity index (χ4n) is 4.31. The number of hydrogen-bond donors (Lipinski definition) is 1. The summed E-state index contributed by atoms with van der Waals surface area (Å²) in [5, 5.41) is 3.37. The number of rotatable bonds is 12. The summed E-state index contributed by atoms with van der Waals surface area (Å²) >= 11 is 6.09. The molecule has 3 aromatic rings. The van der Waals surface area contributed by atoms with Crippen molar-refractivity contribution in [1.29, 1.82) is 0 Å². The maximum absolute atomic E-state index is 14.1. The normalized spacial score (nSPS) is 12.3. The van der Waals surface area contributed by atoms with Crippen LogP contribution in [0.2, 0.25) is 5.02 Å². The topological polar surface area (TPSA) is 105 Å². The molecule has 0 aliphatic carbocycles. The number of nitrogens with zero attached hydrogens (tertiary/aromatic N) is 2. The maximum atomic E-state index is 14.1. The van der Waals surface area contributed by atoms with Crippen LogP contribution in [0.15, 0.2) is 77.7 Å². The van der Waals surface area contributed by atoms with Crippen LogP contribution in [0.4, 0.5) is 5.69 Å². The molecule has 0 bridgehead atoms.